The summed E-state index contributed by atoms with van der Waals surface area (Å²) in [5, 5.41) is 6.65. The highest BCUT2D eigenvalue weighted by molar-refractivity contribution is 14.1. The maximum absolute atomic E-state index is 12.1. The number of amides is 1. The van der Waals surface area contributed by atoms with E-state index in [0.717, 1.165) is 3.57 Å². The molecule has 0 fully saturated rings. The van der Waals surface area contributed by atoms with Gasteiger partial charge in [-0.2, -0.15) is 0 Å². The zero-order valence-corrected chi connectivity index (χ0v) is 14.0. The molecule has 0 spiro atoms. The van der Waals surface area contributed by atoms with E-state index in [9.17, 15) is 4.79 Å². The minimum Gasteiger partial charge on any atom is -0.372 e. The van der Waals surface area contributed by atoms with Gasteiger partial charge in [0.2, 0.25) is 0 Å². The molecule has 0 saturated carbocycles. The number of carbonyl (C=O) groups excluding carboxylic acids is 1. The third kappa shape index (κ3) is 3.53. The van der Waals surface area contributed by atoms with Crippen molar-refractivity contribution in [2.24, 2.45) is 0 Å². The van der Waals surface area contributed by atoms with Crippen LogP contribution in [0.5, 0.6) is 0 Å². The summed E-state index contributed by atoms with van der Waals surface area (Å²) in [5.74, 6) is 0.256. The van der Waals surface area contributed by atoms with Gasteiger partial charge in [0.05, 0.1) is 16.3 Å². The standard InChI is InChI=1S/C13H10Cl2IN3O/c1-17-12-9(15)4-7(6-18-12)13(20)19-11-3-2-8(14)5-10(11)16/h2-6H,1H3,(H,17,18)(H,19,20). The molecule has 0 radical (unpaired) electrons. The van der Waals surface area contributed by atoms with Crippen LogP contribution in [0.15, 0.2) is 30.5 Å². The molecule has 4 nitrogen and oxygen atoms in total. The van der Waals surface area contributed by atoms with Crippen molar-refractivity contribution in [3.05, 3.63) is 49.6 Å². The molecule has 0 aliphatic heterocycles. The number of aromatic nitrogens is 1. The van der Waals surface area contributed by atoms with E-state index in [1.807, 2.05) is 0 Å². The van der Waals surface area contributed by atoms with E-state index in [-0.39, 0.29) is 5.91 Å². The second-order valence-corrected chi connectivity index (χ2v) is 5.89. The summed E-state index contributed by atoms with van der Waals surface area (Å²) in [5.41, 5.74) is 1.08. The number of pyridine rings is 1. The third-order valence-corrected chi connectivity index (χ3v) is 3.94. The van der Waals surface area contributed by atoms with Crippen molar-refractivity contribution in [3.8, 4) is 0 Å². The first kappa shape index (κ1) is 15.3. The lowest BCUT2D eigenvalue weighted by molar-refractivity contribution is 0.102. The predicted molar refractivity (Wildman–Crippen MR) is 90.9 cm³/mol. The Hall–Kier alpha value is -1.05. The lowest BCUT2D eigenvalue weighted by Gasteiger charge is -2.09. The molecule has 0 atom stereocenters. The van der Waals surface area contributed by atoms with Gasteiger partial charge in [-0.05, 0) is 46.9 Å². The summed E-state index contributed by atoms with van der Waals surface area (Å²) in [6.07, 6.45) is 1.47. The Morgan fingerprint density at radius 1 is 1.30 bits per heavy atom. The molecule has 2 rings (SSSR count). The molecule has 7 heteroatoms. The van der Waals surface area contributed by atoms with Crippen LogP contribution in [0.1, 0.15) is 10.4 Å². The van der Waals surface area contributed by atoms with Crippen LogP contribution < -0.4 is 10.6 Å². The SMILES string of the molecule is CNc1ncc(C(=O)Nc2ccc(Cl)cc2I)cc1Cl. The third-order valence-electron chi connectivity index (χ3n) is 2.52. The Bertz CT molecular complexity index is 664. The van der Waals surface area contributed by atoms with Crippen LogP contribution in [-0.4, -0.2) is 17.9 Å². The predicted octanol–water partition coefficient (Wildman–Crippen LogP) is 4.29. The monoisotopic (exact) mass is 421 g/mol. The lowest BCUT2D eigenvalue weighted by Crippen LogP contribution is -2.13. The van der Waals surface area contributed by atoms with E-state index < -0.39 is 0 Å². The Morgan fingerprint density at radius 3 is 2.65 bits per heavy atom. The first-order valence-electron chi connectivity index (χ1n) is 5.61. The number of halogens is 3. The molecule has 1 aromatic heterocycles. The van der Waals surface area contributed by atoms with E-state index >= 15 is 0 Å². The first-order valence-corrected chi connectivity index (χ1v) is 7.44. The van der Waals surface area contributed by atoms with Gasteiger partial charge in [0.1, 0.15) is 5.82 Å². The van der Waals surface area contributed by atoms with Gasteiger partial charge in [-0.3, -0.25) is 4.79 Å². The summed E-state index contributed by atoms with van der Waals surface area (Å²) in [4.78, 5) is 16.2. The quantitative estimate of drug-likeness (QED) is 0.727. The fourth-order valence-corrected chi connectivity index (χ4v) is 2.80. The average molecular weight is 422 g/mol. The van der Waals surface area contributed by atoms with E-state index in [2.05, 4.69) is 38.2 Å². The first-order chi connectivity index (χ1) is 9.51. The van der Waals surface area contributed by atoms with Crippen molar-refractivity contribution >= 4 is 63.2 Å². The second kappa shape index (κ2) is 6.60. The smallest absolute Gasteiger partial charge is 0.257 e. The van der Waals surface area contributed by atoms with Crippen LogP contribution in [0.2, 0.25) is 10.0 Å². The number of hydrogen-bond acceptors (Lipinski definition) is 3. The van der Waals surface area contributed by atoms with Gasteiger partial charge < -0.3 is 10.6 Å². The minimum atomic E-state index is -0.276. The highest BCUT2D eigenvalue weighted by Gasteiger charge is 2.11. The zero-order chi connectivity index (χ0) is 14.7. The fourth-order valence-electron chi connectivity index (χ4n) is 1.53. The Balaban J connectivity index is 2.21. The molecule has 2 aromatic rings. The molecule has 1 aromatic carbocycles. The minimum absolute atomic E-state index is 0.276. The van der Waals surface area contributed by atoms with Crippen LogP contribution in [0.4, 0.5) is 11.5 Å². The van der Waals surface area contributed by atoms with Gasteiger partial charge in [-0.15, -0.1) is 0 Å². The van der Waals surface area contributed by atoms with Gasteiger partial charge in [-0.1, -0.05) is 23.2 Å². The topological polar surface area (TPSA) is 54.0 Å². The molecule has 0 bridgehead atoms. The van der Waals surface area contributed by atoms with Crippen LogP contribution in [0, 0.1) is 3.57 Å². The molecular weight excluding hydrogens is 412 g/mol. The number of nitrogens with zero attached hydrogens (tertiary/aromatic N) is 1. The summed E-state index contributed by atoms with van der Waals surface area (Å²) >= 11 is 14.0. The Labute approximate surface area is 140 Å². The number of anilines is 2. The maximum Gasteiger partial charge on any atom is 0.257 e. The normalized spacial score (nSPS) is 10.2. The molecule has 104 valence electrons. The van der Waals surface area contributed by atoms with Crippen LogP contribution in [0.25, 0.3) is 0 Å². The highest BCUT2D eigenvalue weighted by Crippen LogP contribution is 2.24. The largest absolute Gasteiger partial charge is 0.372 e. The lowest BCUT2D eigenvalue weighted by atomic mass is 10.2. The molecular formula is C13H10Cl2IN3O. The number of carbonyl (C=O) groups is 1. The van der Waals surface area contributed by atoms with Crippen molar-refractivity contribution < 1.29 is 4.79 Å². The summed E-state index contributed by atoms with van der Waals surface area (Å²) in [6, 6.07) is 6.80. The molecule has 1 amide bonds. The van der Waals surface area contributed by atoms with Gasteiger partial charge >= 0.3 is 0 Å². The van der Waals surface area contributed by atoms with Gasteiger partial charge in [0.25, 0.3) is 5.91 Å². The number of benzene rings is 1. The molecule has 0 aliphatic rings. The summed E-state index contributed by atoms with van der Waals surface area (Å²) in [6.45, 7) is 0. The molecule has 20 heavy (non-hydrogen) atoms. The Kier molecular flexibility index (Phi) is 5.06. The number of hydrogen-bond donors (Lipinski definition) is 2. The number of rotatable bonds is 3. The van der Waals surface area contributed by atoms with Crippen LogP contribution in [0.3, 0.4) is 0 Å². The summed E-state index contributed by atoms with van der Waals surface area (Å²) < 4.78 is 0.856. The fraction of sp³-hybridized carbons (Fsp3) is 0.0769. The van der Waals surface area contributed by atoms with Crippen molar-refractivity contribution in [1.82, 2.24) is 4.98 Å². The van der Waals surface area contributed by atoms with Crippen molar-refractivity contribution in [2.75, 3.05) is 17.7 Å². The summed E-state index contributed by atoms with van der Waals surface area (Å²) in [7, 11) is 1.71. The van der Waals surface area contributed by atoms with Gasteiger partial charge in [0, 0.05) is 21.8 Å². The van der Waals surface area contributed by atoms with E-state index in [4.69, 9.17) is 23.2 Å². The van der Waals surface area contributed by atoms with Gasteiger partial charge in [-0.25, -0.2) is 4.98 Å². The maximum atomic E-state index is 12.1. The van der Waals surface area contributed by atoms with Crippen molar-refractivity contribution in [3.63, 3.8) is 0 Å². The van der Waals surface area contributed by atoms with Crippen molar-refractivity contribution in [1.29, 1.82) is 0 Å². The van der Waals surface area contributed by atoms with Crippen molar-refractivity contribution in [2.45, 2.75) is 0 Å². The second-order valence-electron chi connectivity index (χ2n) is 3.88. The molecule has 0 aliphatic carbocycles. The zero-order valence-electron chi connectivity index (χ0n) is 10.4. The van der Waals surface area contributed by atoms with Gasteiger partial charge in [0.15, 0.2) is 0 Å². The molecule has 0 saturated heterocycles. The number of nitrogens with one attached hydrogen (secondary N) is 2. The Morgan fingerprint density at radius 2 is 2.05 bits per heavy atom. The van der Waals surface area contributed by atoms with E-state index in [1.54, 1.807) is 31.3 Å². The van der Waals surface area contributed by atoms with E-state index in [0.29, 0.717) is 27.1 Å². The van der Waals surface area contributed by atoms with Crippen LogP contribution >= 0.6 is 45.8 Å². The van der Waals surface area contributed by atoms with Crippen LogP contribution in [-0.2, 0) is 0 Å². The highest BCUT2D eigenvalue weighted by atomic mass is 127. The molecule has 2 N–H and O–H groups in total. The molecule has 1 heterocycles. The molecule has 0 unspecified atom stereocenters. The van der Waals surface area contributed by atoms with E-state index in [1.165, 1.54) is 6.20 Å². The average Bonchev–Trinajstić information content (AvgIpc) is 2.41.